The minimum absolute atomic E-state index is 0.0425. The normalized spacial score (nSPS) is 11.4. The summed E-state index contributed by atoms with van der Waals surface area (Å²) in [6.07, 6.45) is 0.775. The van der Waals surface area contributed by atoms with Gasteiger partial charge in [0.05, 0.1) is 13.2 Å². The SMILES string of the molecule is CC(C)(CO)NCC=O. The topological polar surface area (TPSA) is 49.3 Å². The van der Waals surface area contributed by atoms with Crippen molar-refractivity contribution in [3.05, 3.63) is 0 Å². The molecule has 0 amide bonds. The summed E-state index contributed by atoms with van der Waals surface area (Å²) in [4.78, 5) is 9.82. The molecule has 0 saturated carbocycles. The van der Waals surface area contributed by atoms with Crippen LogP contribution in [0.15, 0.2) is 0 Å². The highest BCUT2D eigenvalue weighted by Gasteiger charge is 2.13. The molecular weight excluding hydrogens is 118 g/mol. The zero-order valence-corrected chi connectivity index (χ0v) is 5.85. The van der Waals surface area contributed by atoms with Crippen molar-refractivity contribution in [1.82, 2.24) is 5.32 Å². The summed E-state index contributed by atoms with van der Waals surface area (Å²) in [5.41, 5.74) is -0.332. The third-order valence-corrected chi connectivity index (χ3v) is 1.06. The van der Waals surface area contributed by atoms with E-state index in [9.17, 15) is 4.79 Å². The standard InChI is InChI=1S/C6H13NO2/c1-6(2,5-9)7-3-4-8/h4,7,9H,3,5H2,1-2H3. The molecule has 0 radical (unpaired) electrons. The zero-order chi connectivity index (χ0) is 7.33. The quantitative estimate of drug-likeness (QED) is 0.508. The smallest absolute Gasteiger partial charge is 0.133 e. The maximum Gasteiger partial charge on any atom is 0.133 e. The van der Waals surface area contributed by atoms with Gasteiger partial charge in [-0.3, -0.25) is 0 Å². The average Bonchev–Trinajstić information content (AvgIpc) is 1.84. The van der Waals surface area contributed by atoms with Crippen LogP contribution in [0.25, 0.3) is 0 Å². The first kappa shape index (κ1) is 8.59. The highest BCUT2D eigenvalue weighted by Crippen LogP contribution is 1.96. The van der Waals surface area contributed by atoms with Gasteiger partial charge in [0, 0.05) is 5.54 Å². The van der Waals surface area contributed by atoms with Gasteiger partial charge in [0.15, 0.2) is 0 Å². The number of hydrogen-bond acceptors (Lipinski definition) is 3. The molecule has 9 heavy (non-hydrogen) atoms. The summed E-state index contributed by atoms with van der Waals surface area (Å²) in [7, 11) is 0. The lowest BCUT2D eigenvalue weighted by molar-refractivity contribution is -0.107. The fourth-order valence-electron chi connectivity index (χ4n) is 0.374. The first-order valence-corrected chi connectivity index (χ1v) is 2.92. The molecule has 0 saturated heterocycles. The highest BCUT2D eigenvalue weighted by molar-refractivity contribution is 5.52. The largest absolute Gasteiger partial charge is 0.394 e. The van der Waals surface area contributed by atoms with Crippen molar-refractivity contribution in [2.75, 3.05) is 13.2 Å². The number of nitrogens with one attached hydrogen (secondary N) is 1. The molecule has 0 spiro atoms. The number of rotatable bonds is 4. The molecule has 54 valence electrons. The van der Waals surface area contributed by atoms with Gasteiger partial charge in [-0.15, -0.1) is 0 Å². The van der Waals surface area contributed by atoms with Gasteiger partial charge in [0.1, 0.15) is 6.29 Å². The van der Waals surface area contributed by atoms with Gasteiger partial charge in [-0.25, -0.2) is 0 Å². The van der Waals surface area contributed by atoms with Crippen LogP contribution >= 0.6 is 0 Å². The Hall–Kier alpha value is -0.410. The first-order valence-electron chi connectivity index (χ1n) is 2.92. The van der Waals surface area contributed by atoms with E-state index in [1.165, 1.54) is 0 Å². The van der Waals surface area contributed by atoms with Crippen molar-refractivity contribution >= 4 is 6.29 Å². The second-order valence-electron chi connectivity index (χ2n) is 2.59. The summed E-state index contributed by atoms with van der Waals surface area (Å²) in [5.74, 6) is 0. The van der Waals surface area contributed by atoms with E-state index in [0.717, 1.165) is 6.29 Å². The monoisotopic (exact) mass is 131 g/mol. The van der Waals surface area contributed by atoms with Crippen molar-refractivity contribution in [2.24, 2.45) is 0 Å². The van der Waals surface area contributed by atoms with Crippen molar-refractivity contribution in [2.45, 2.75) is 19.4 Å². The number of aldehydes is 1. The van der Waals surface area contributed by atoms with Crippen LogP contribution in [0.4, 0.5) is 0 Å². The van der Waals surface area contributed by atoms with E-state index in [-0.39, 0.29) is 12.1 Å². The predicted molar refractivity (Wildman–Crippen MR) is 35.2 cm³/mol. The zero-order valence-electron chi connectivity index (χ0n) is 5.85. The molecule has 0 rings (SSSR count). The van der Waals surface area contributed by atoms with Crippen LogP contribution in [-0.2, 0) is 4.79 Å². The number of hydrogen-bond donors (Lipinski definition) is 2. The number of aliphatic hydroxyl groups excluding tert-OH is 1. The number of aliphatic hydroxyl groups is 1. The Labute approximate surface area is 55.1 Å². The maximum absolute atomic E-state index is 9.82. The molecule has 3 nitrogen and oxygen atoms in total. The molecule has 0 unspecified atom stereocenters. The Morgan fingerprint density at radius 1 is 1.67 bits per heavy atom. The molecule has 2 N–H and O–H groups in total. The fourth-order valence-corrected chi connectivity index (χ4v) is 0.374. The molecule has 3 heteroatoms. The third-order valence-electron chi connectivity index (χ3n) is 1.06. The minimum atomic E-state index is -0.332. The number of carbonyl (C=O) groups excluding carboxylic acids is 1. The Balaban J connectivity index is 3.44. The minimum Gasteiger partial charge on any atom is -0.394 e. The average molecular weight is 131 g/mol. The van der Waals surface area contributed by atoms with Crippen molar-refractivity contribution in [1.29, 1.82) is 0 Å². The summed E-state index contributed by atoms with van der Waals surface area (Å²) in [6, 6.07) is 0. The molecular formula is C6H13NO2. The van der Waals surface area contributed by atoms with E-state index in [1.807, 2.05) is 13.8 Å². The fraction of sp³-hybridized carbons (Fsp3) is 0.833. The molecule has 0 aromatic heterocycles. The van der Waals surface area contributed by atoms with E-state index in [2.05, 4.69) is 5.32 Å². The van der Waals surface area contributed by atoms with Gasteiger partial charge in [0.25, 0.3) is 0 Å². The Morgan fingerprint density at radius 2 is 2.22 bits per heavy atom. The highest BCUT2D eigenvalue weighted by atomic mass is 16.3. The molecule has 0 heterocycles. The molecule has 0 aliphatic carbocycles. The molecule has 0 bridgehead atoms. The lowest BCUT2D eigenvalue weighted by Crippen LogP contribution is -2.43. The van der Waals surface area contributed by atoms with E-state index in [1.54, 1.807) is 0 Å². The number of carbonyl (C=O) groups is 1. The van der Waals surface area contributed by atoms with E-state index < -0.39 is 0 Å². The maximum atomic E-state index is 9.82. The Bertz CT molecular complexity index is 91.1. The van der Waals surface area contributed by atoms with Crippen LogP contribution in [-0.4, -0.2) is 30.1 Å². The third kappa shape index (κ3) is 4.12. The Morgan fingerprint density at radius 3 is 2.56 bits per heavy atom. The van der Waals surface area contributed by atoms with Gasteiger partial charge < -0.3 is 15.2 Å². The van der Waals surface area contributed by atoms with Crippen LogP contribution in [0, 0.1) is 0 Å². The predicted octanol–water partition coefficient (Wildman–Crippen LogP) is -0.454. The van der Waals surface area contributed by atoms with Gasteiger partial charge in [0.2, 0.25) is 0 Å². The van der Waals surface area contributed by atoms with E-state index >= 15 is 0 Å². The summed E-state index contributed by atoms with van der Waals surface area (Å²) in [5, 5.41) is 11.5. The van der Waals surface area contributed by atoms with Crippen molar-refractivity contribution in [3.63, 3.8) is 0 Å². The molecule has 0 aliphatic heterocycles. The summed E-state index contributed by atoms with van der Waals surface area (Å²) >= 11 is 0. The second kappa shape index (κ2) is 3.58. The molecule has 0 fully saturated rings. The molecule has 0 aromatic carbocycles. The van der Waals surface area contributed by atoms with Crippen LogP contribution < -0.4 is 5.32 Å². The van der Waals surface area contributed by atoms with Gasteiger partial charge in [-0.1, -0.05) is 0 Å². The molecule has 0 atom stereocenters. The molecule has 0 aromatic rings. The Kier molecular flexibility index (Phi) is 3.42. The van der Waals surface area contributed by atoms with Crippen LogP contribution in [0.3, 0.4) is 0 Å². The van der Waals surface area contributed by atoms with Crippen LogP contribution in [0.2, 0.25) is 0 Å². The van der Waals surface area contributed by atoms with E-state index in [4.69, 9.17) is 5.11 Å². The van der Waals surface area contributed by atoms with Crippen molar-refractivity contribution < 1.29 is 9.90 Å². The first-order chi connectivity index (χ1) is 4.12. The van der Waals surface area contributed by atoms with Crippen molar-refractivity contribution in [3.8, 4) is 0 Å². The summed E-state index contributed by atoms with van der Waals surface area (Å²) < 4.78 is 0. The van der Waals surface area contributed by atoms with Crippen LogP contribution in [0.1, 0.15) is 13.8 Å². The summed E-state index contributed by atoms with van der Waals surface area (Å²) in [6.45, 7) is 4.00. The molecule has 0 aliphatic rings. The van der Waals surface area contributed by atoms with Crippen LogP contribution in [0.5, 0.6) is 0 Å². The lowest BCUT2D eigenvalue weighted by atomic mass is 10.1. The van der Waals surface area contributed by atoms with Gasteiger partial charge >= 0.3 is 0 Å². The van der Waals surface area contributed by atoms with Gasteiger partial charge in [-0.2, -0.15) is 0 Å². The van der Waals surface area contributed by atoms with Gasteiger partial charge in [-0.05, 0) is 13.8 Å². The second-order valence-corrected chi connectivity index (χ2v) is 2.59. The lowest BCUT2D eigenvalue weighted by Gasteiger charge is -2.21. The van der Waals surface area contributed by atoms with E-state index in [0.29, 0.717) is 6.54 Å².